The molecule has 0 bridgehead atoms. The Bertz CT molecular complexity index is 729. The van der Waals surface area contributed by atoms with Crippen molar-refractivity contribution in [3.8, 4) is 0 Å². The van der Waals surface area contributed by atoms with E-state index in [9.17, 15) is 13.2 Å². The molecule has 1 N–H and O–H groups in total. The monoisotopic (exact) mass is 366 g/mol. The lowest BCUT2D eigenvalue weighted by Gasteiger charge is -2.32. The number of hydrogen-bond acceptors (Lipinski definition) is 5. The molecule has 138 valence electrons. The van der Waals surface area contributed by atoms with Gasteiger partial charge in [0.1, 0.15) is 0 Å². The van der Waals surface area contributed by atoms with E-state index in [0.717, 1.165) is 32.6 Å². The molecule has 8 heteroatoms. The quantitative estimate of drug-likeness (QED) is 0.816. The molecule has 1 aromatic rings. The maximum atomic E-state index is 13.0. The third-order valence-corrected chi connectivity index (χ3v) is 6.78. The Morgan fingerprint density at radius 3 is 2.60 bits per heavy atom. The third kappa shape index (κ3) is 3.87. The van der Waals surface area contributed by atoms with Crippen molar-refractivity contribution in [2.75, 3.05) is 53.4 Å². The van der Waals surface area contributed by atoms with Crippen LogP contribution in [-0.2, 0) is 10.0 Å². The average molecular weight is 366 g/mol. The number of hydrogen-bond donors (Lipinski definition) is 1. The summed E-state index contributed by atoms with van der Waals surface area (Å²) in [7, 11) is -0.262. The Labute approximate surface area is 149 Å². The molecule has 2 aliphatic heterocycles. The molecule has 1 unspecified atom stereocenters. The first kappa shape index (κ1) is 18.3. The van der Waals surface area contributed by atoms with Crippen LogP contribution in [0.25, 0.3) is 0 Å². The van der Waals surface area contributed by atoms with Crippen LogP contribution in [0.4, 0.5) is 0 Å². The molecule has 0 spiro atoms. The first-order valence-electron chi connectivity index (χ1n) is 8.66. The summed E-state index contributed by atoms with van der Waals surface area (Å²) in [5.74, 6) is -0.197. The fraction of sp³-hybridized carbons (Fsp3) is 0.588. The lowest BCUT2D eigenvalue weighted by atomic mass is 10.2. The van der Waals surface area contributed by atoms with E-state index in [-0.39, 0.29) is 16.8 Å². The summed E-state index contributed by atoms with van der Waals surface area (Å²) < 4.78 is 27.5. The number of sulfonamides is 1. The van der Waals surface area contributed by atoms with Crippen LogP contribution in [0.2, 0.25) is 0 Å². The van der Waals surface area contributed by atoms with Crippen LogP contribution in [0.1, 0.15) is 16.8 Å². The van der Waals surface area contributed by atoms with Crippen LogP contribution >= 0.6 is 0 Å². The first-order valence-corrected chi connectivity index (χ1v) is 10.1. The van der Waals surface area contributed by atoms with Gasteiger partial charge in [0.15, 0.2) is 0 Å². The second kappa shape index (κ2) is 7.41. The van der Waals surface area contributed by atoms with E-state index >= 15 is 0 Å². The van der Waals surface area contributed by atoms with Gasteiger partial charge < -0.3 is 10.2 Å². The largest absolute Gasteiger partial charge is 0.345 e. The van der Waals surface area contributed by atoms with E-state index in [1.54, 1.807) is 36.6 Å². The number of nitrogens with one attached hydrogen (secondary N) is 1. The van der Waals surface area contributed by atoms with E-state index in [2.05, 4.69) is 10.2 Å². The zero-order valence-electron chi connectivity index (χ0n) is 14.8. The Kier molecular flexibility index (Phi) is 5.43. The van der Waals surface area contributed by atoms with Crippen molar-refractivity contribution in [1.29, 1.82) is 0 Å². The van der Waals surface area contributed by atoms with Crippen LogP contribution in [0, 0.1) is 0 Å². The Morgan fingerprint density at radius 2 is 1.92 bits per heavy atom. The van der Waals surface area contributed by atoms with Crippen LogP contribution in [0.5, 0.6) is 0 Å². The topological polar surface area (TPSA) is 73.0 Å². The van der Waals surface area contributed by atoms with Gasteiger partial charge in [0.05, 0.1) is 4.90 Å². The highest BCUT2D eigenvalue weighted by Gasteiger charge is 2.35. The molecule has 0 aromatic heterocycles. The minimum absolute atomic E-state index is 0.196. The Morgan fingerprint density at radius 1 is 1.20 bits per heavy atom. The number of carbonyl (C=O) groups is 1. The van der Waals surface area contributed by atoms with Crippen molar-refractivity contribution in [3.63, 3.8) is 0 Å². The van der Waals surface area contributed by atoms with E-state index < -0.39 is 10.0 Å². The maximum Gasteiger partial charge on any atom is 0.253 e. The van der Waals surface area contributed by atoms with Crippen molar-refractivity contribution in [2.24, 2.45) is 0 Å². The molecule has 2 aliphatic rings. The summed E-state index contributed by atoms with van der Waals surface area (Å²) in [6.45, 7) is 4.89. The second-order valence-electron chi connectivity index (χ2n) is 6.82. The van der Waals surface area contributed by atoms with Crippen LogP contribution in [-0.4, -0.2) is 87.8 Å². The highest BCUT2D eigenvalue weighted by atomic mass is 32.2. The number of rotatable bonds is 4. The van der Waals surface area contributed by atoms with Crippen molar-refractivity contribution >= 4 is 15.9 Å². The van der Waals surface area contributed by atoms with Crippen molar-refractivity contribution < 1.29 is 13.2 Å². The first-order chi connectivity index (χ1) is 11.9. The molecule has 1 atom stereocenters. The van der Waals surface area contributed by atoms with Gasteiger partial charge in [-0.2, -0.15) is 4.31 Å². The third-order valence-electron chi connectivity index (χ3n) is 4.92. The number of amides is 1. The summed E-state index contributed by atoms with van der Waals surface area (Å²) in [4.78, 5) is 16.1. The van der Waals surface area contributed by atoms with Gasteiger partial charge in [-0.1, -0.05) is 6.07 Å². The van der Waals surface area contributed by atoms with Crippen LogP contribution in [0.15, 0.2) is 29.2 Å². The van der Waals surface area contributed by atoms with E-state index in [4.69, 9.17) is 0 Å². The predicted octanol–water partition coefficient (Wildman–Crippen LogP) is 0.0566. The summed E-state index contributed by atoms with van der Waals surface area (Å²) in [6.07, 6.45) is 0.857. The standard InChI is InChI=1S/C17H26N4O3S/c1-19(2)17(22)14-4-3-5-16(12-14)25(23,24)21-9-6-15(13-21)20-10-7-18-8-11-20/h3-5,12,15,18H,6-11,13H2,1-2H3. The summed E-state index contributed by atoms with van der Waals surface area (Å²) in [6, 6.07) is 6.61. The van der Waals surface area contributed by atoms with Gasteiger partial charge in [-0.3, -0.25) is 9.69 Å². The van der Waals surface area contributed by atoms with E-state index in [1.807, 2.05) is 0 Å². The van der Waals surface area contributed by atoms with Crippen LogP contribution in [0.3, 0.4) is 0 Å². The molecular weight excluding hydrogens is 340 g/mol. The molecule has 2 saturated heterocycles. The molecule has 2 heterocycles. The maximum absolute atomic E-state index is 13.0. The normalized spacial score (nSPS) is 22.9. The van der Waals surface area contributed by atoms with Gasteiger partial charge in [-0.25, -0.2) is 8.42 Å². The Balaban J connectivity index is 1.76. The van der Waals surface area contributed by atoms with Crippen molar-refractivity contribution in [1.82, 2.24) is 19.4 Å². The van der Waals surface area contributed by atoms with Gasteiger partial charge in [0.2, 0.25) is 10.0 Å². The number of nitrogens with zero attached hydrogens (tertiary/aromatic N) is 3. The molecule has 0 radical (unpaired) electrons. The van der Waals surface area contributed by atoms with Gasteiger partial charge >= 0.3 is 0 Å². The van der Waals surface area contributed by atoms with E-state index in [1.165, 1.54) is 11.0 Å². The summed E-state index contributed by atoms with van der Waals surface area (Å²) in [5.41, 5.74) is 0.393. The van der Waals surface area contributed by atoms with Gasteiger partial charge in [0, 0.05) is 65.0 Å². The summed E-state index contributed by atoms with van der Waals surface area (Å²) >= 11 is 0. The van der Waals surface area contributed by atoms with Crippen LogP contribution < -0.4 is 5.32 Å². The minimum atomic E-state index is -3.57. The molecular formula is C17H26N4O3S. The molecule has 3 rings (SSSR count). The van der Waals surface area contributed by atoms with Gasteiger partial charge in [0.25, 0.3) is 5.91 Å². The molecule has 7 nitrogen and oxygen atoms in total. The molecule has 1 amide bonds. The highest BCUT2D eigenvalue weighted by molar-refractivity contribution is 7.89. The van der Waals surface area contributed by atoms with Crippen molar-refractivity contribution in [3.05, 3.63) is 29.8 Å². The van der Waals surface area contributed by atoms with Gasteiger partial charge in [-0.05, 0) is 24.6 Å². The Hall–Kier alpha value is -1.48. The lowest BCUT2D eigenvalue weighted by molar-refractivity contribution is 0.0827. The number of benzene rings is 1. The molecule has 25 heavy (non-hydrogen) atoms. The molecule has 0 saturated carbocycles. The highest BCUT2D eigenvalue weighted by Crippen LogP contribution is 2.24. The lowest BCUT2D eigenvalue weighted by Crippen LogP contribution is -2.49. The molecule has 0 aliphatic carbocycles. The number of piperazine rings is 1. The fourth-order valence-electron chi connectivity index (χ4n) is 3.47. The van der Waals surface area contributed by atoms with E-state index in [0.29, 0.717) is 18.7 Å². The van der Waals surface area contributed by atoms with Crippen molar-refractivity contribution in [2.45, 2.75) is 17.4 Å². The minimum Gasteiger partial charge on any atom is -0.345 e. The molecule has 2 fully saturated rings. The SMILES string of the molecule is CN(C)C(=O)c1cccc(S(=O)(=O)N2CCC(N3CCNCC3)C2)c1. The smallest absolute Gasteiger partial charge is 0.253 e. The fourth-order valence-corrected chi connectivity index (χ4v) is 5.01. The molecule has 1 aromatic carbocycles. The summed E-state index contributed by atoms with van der Waals surface area (Å²) in [5, 5.41) is 3.32. The number of carbonyl (C=O) groups excluding carboxylic acids is 1. The predicted molar refractivity (Wildman–Crippen MR) is 96.1 cm³/mol. The van der Waals surface area contributed by atoms with Gasteiger partial charge in [-0.15, -0.1) is 0 Å². The zero-order chi connectivity index (χ0) is 18.0. The second-order valence-corrected chi connectivity index (χ2v) is 8.76. The average Bonchev–Trinajstić information content (AvgIpc) is 3.13. The zero-order valence-corrected chi connectivity index (χ0v) is 15.6.